The number of nitrogens with one attached hydrogen (secondary N) is 1. The van der Waals surface area contributed by atoms with Crippen LogP contribution >= 0.6 is 0 Å². The molecule has 0 unspecified atom stereocenters. The average molecular weight is 297 g/mol. The molecule has 22 heavy (non-hydrogen) atoms. The number of hydrogen-bond donors (Lipinski definition) is 1. The van der Waals surface area contributed by atoms with E-state index in [0.717, 1.165) is 22.3 Å². The smallest absolute Gasteiger partial charge is 0.336 e. The molecule has 4 heteroatoms. The highest BCUT2D eigenvalue weighted by atomic mass is 16.4. The number of aryl methyl sites for hydroxylation is 2. The van der Waals surface area contributed by atoms with Crippen molar-refractivity contribution in [2.24, 2.45) is 0 Å². The highest BCUT2D eigenvalue weighted by molar-refractivity contribution is 5.81. The molecule has 114 valence electrons. The zero-order chi connectivity index (χ0) is 15.7. The number of benzene rings is 1. The van der Waals surface area contributed by atoms with Crippen molar-refractivity contribution in [3.63, 3.8) is 0 Å². The normalized spacial score (nSPS) is 12.7. The zero-order valence-corrected chi connectivity index (χ0v) is 13.0. The van der Waals surface area contributed by atoms with Gasteiger partial charge in [0, 0.05) is 18.0 Å². The van der Waals surface area contributed by atoms with E-state index in [-0.39, 0.29) is 11.7 Å². The number of furan rings is 1. The quantitative estimate of drug-likeness (QED) is 0.743. The van der Waals surface area contributed by atoms with Gasteiger partial charge in [-0.15, -0.1) is 0 Å². The van der Waals surface area contributed by atoms with Crippen molar-refractivity contribution in [3.8, 4) is 0 Å². The number of fused-ring (bicyclic) bond motifs is 1. The maximum absolute atomic E-state index is 11.8. The van der Waals surface area contributed by atoms with Crippen molar-refractivity contribution in [1.29, 1.82) is 0 Å². The third-order valence-electron chi connectivity index (χ3n) is 4.01. The second-order valence-electron chi connectivity index (χ2n) is 5.64. The molecule has 1 aromatic carbocycles. The van der Waals surface area contributed by atoms with E-state index >= 15 is 0 Å². The van der Waals surface area contributed by atoms with Gasteiger partial charge in [-0.1, -0.05) is 0 Å². The molecule has 3 aromatic rings. The van der Waals surface area contributed by atoms with Gasteiger partial charge in [0.1, 0.15) is 11.3 Å². The van der Waals surface area contributed by atoms with Gasteiger partial charge in [-0.05, 0) is 61.7 Å². The summed E-state index contributed by atoms with van der Waals surface area (Å²) in [4.78, 5) is 11.8. The van der Waals surface area contributed by atoms with E-state index in [4.69, 9.17) is 8.83 Å². The van der Waals surface area contributed by atoms with E-state index < -0.39 is 0 Å². The van der Waals surface area contributed by atoms with Gasteiger partial charge in [0.05, 0.1) is 12.3 Å². The number of hydrogen-bond acceptors (Lipinski definition) is 4. The van der Waals surface area contributed by atoms with Crippen molar-refractivity contribution in [3.05, 3.63) is 69.5 Å². The minimum atomic E-state index is -0.321. The molecule has 0 aliphatic heterocycles. The first-order valence-electron chi connectivity index (χ1n) is 7.35. The molecule has 0 bridgehead atoms. The van der Waals surface area contributed by atoms with E-state index in [1.165, 1.54) is 5.56 Å². The van der Waals surface area contributed by atoms with Crippen molar-refractivity contribution in [1.82, 2.24) is 5.32 Å². The molecule has 1 atom stereocenters. The molecule has 1 N–H and O–H groups in total. The fourth-order valence-corrected chi connectivity index (χ4v) is 2.53. The van der Waals surface area contributed by atoms with Gasteiger partial charge >= 0.3 is 5.63 Å². The first kappa shape index (κ1) is 14.6. The standard InChI is InChI=1S/C18H19NO3/c1-11-7-15-14(9-18(20)22-17(15)8-12(11)2)10-19-13(3)16-5-4-6-21-16/h4-9,13,19H,10H2,1-3H3/t13-/m0/s1. The SMILES string of the molecule is Cc1cc2oc(=O)cc(CN[C@@H](C)c3ccco3)c2cc1C. The van der Waals surface area contributed by atoms with Gasteiger partial charge in [-0.25, -0.2) is 4.79 Å². The fraction of sp³-hybridized carbons (Fsp3) is 0.278. The van der Waals surface area contributed by atoms with Crippen LogP contribution in [0.5, 0.6) is 0 Å². The van der Waals surface area contributed by atoms with Crippen molar-refractivity contribution >= 4 is 11.0 Å². The van der Waals surface area contributed by atoms with Gasteiger partial charge in [-0.3, -0.25) is 0 Å². The molecule has 0 aliphatic rings. The zero-order valence-electron chi connectivity index (χ0n) is 13.0. The Morgan fingerprint density at radius 2 is 1.95 bits per heavy atom. The molecular weight excluding hydrogens is 278 g/mol. The summed E-state index contributed by atoms with van der Waals surface area (Å²) in [6, 6.07) is 9.42. The Hall–Kier alpha value is -2.33. The van der Waals surface area contributed by atoms with Crippen molar-refractivity contribution in [2.45, 2.75) is 33.4 Å². The summed E-state index contributed by atoms with van der Waals surface area (Å²) in [6.07, 6.45) is 1.66. The highest BCUT2D eigenvalue weighted by Crippen LogP contribution is 2.22. The summed E-state index contributed by atoms with van der Waals surface area (Å²) in [7, 11) is 0. The minimum Gasteiger partial charge on any atom is -0.468 e. The molecule has 3 rings (SSSR count). The van der Waals surface area contributed by atoms with Crippen LogP contribution in [0.2, 0.25) is 0 Å². The van der Waals surface area contributed by atoms with Crippen LogP contribution < -0.4 is 10.9 Å². The summed E-state index contributed by atoms with van der Waals surface area (Å²) < 4.78 is 10.7. The fourth-order valence-electron chi connectivity index (χ4n) is 2.53. The minimum absolute atomic E-state index is 0.0730. The van der Waals surface area contributed by atoms with Gasteiger partial charge in [0.15, 0.2) is 0 Å². The lowest BCUT2D eigenvalue weighted by atomic mass is 10.0. The van der Waals surface area contributed by atoms with Crippen LogP contribution in [0.3, 0.4) is 0 Å². The van der Waals surface area contributed by atoms with Crippen LogP contribution in [0.1, 0.15) is 35.4 Å². The van der Waals surface area contributed by atoms with Crippen molar-refractivity contribution in [2.75, 3.05) is 0 Å². The van der Waals surface area contributed by atoms with E-state index in [1.54, 1.807) is 12.3 Å². The molecule has 0 amide bonds. The molecule has 0 radical (unpaired) electrons. The predicted octanol–water partition coefficient (Wildman–Crippen LogP) is 3.85. The van der Waals surface area contributed by atoms with Crippen LogP contribution in [-0.4, -0.2) is 0 Å². The molecule has 2 aromatic heterocycles. The van der Waals surface area contributed by atoms with Crippen LogP contribution in [-0.2, 0) is 6.54 Å². The maximum atomic E-state index is 11.8. The summed E-state index contributed by atoms with van der Waals surface area (Å²) in [5.74, 6) is 0.874. The monoisotopic (exact) mass is 297 g/mol. The van der Waals surface area contributed by atoms with E-state index in [0.29, 0.717) is 12.1 Å². The third kappa shape index (κ3) is 2.83. The first-order chi connectivity index (χ1) is 10.5. The number of rotatable bonds is 4. The third-order valence-corrected chi connectivity index (χ3v) is 4.01. The first-order valence-corrected chi connectivity index (χ1v) is 7.35. The van der Waals surface area contributed by atoms with Crippen LogP contribution in [0.25, 0.3) is 11.0 Å². The summed E-state index contributed by atoms with van der Waals surface area (Å²) in [5, 5.41) is 4.35. The second kappa shape index (κ2) is 5.81. The lowest BCUT2D eigenvalue weighted by Gasteiger charge is -2.13. The Labute approximate surface area is 128 Å². The van der Waals surface area contributed by atoms with Gasteiger partial charge in [0.2, 0.25) is 0 Å². The lowest BCUT2D eigenvalue weighted by molar-refractivity contribution is 0.430. The van der Waals surface area contributed by atoms with Crippen molar-refractivity contribution < 1.29 is 8.83 Å². The largest absolute Gasteiger partial charge is 0.468 e. The Balaban J connectivity index is 1.93. The van der Waals surface area contributed by atoms with Crippen LogP contribution in [0.4, 0.5) is 0 Å². The topological polar surface area (TPSA) is 55.4 Å². The Morgan fingerprint density at radius 1 is 1.18 bits per heavy atom. The molecule has 0 saturated carbocycles. The molecule has 4 nitrogen and oxygen atoms in total. The van der Waals surface area contributed by atoms with E-state index in [2.05, 4.69) is 18.3 Å². The molecule has 0 aliphatic carbocycles. The average Bonchev–Trinajstić information content (AvgIpc) is 3.00. The van der Waals surface area contributed by atoms with Crippen LogP contribution in [0.15, 0.2) is 50.2 Å². The Bertz CT molecular complexity index is 847. The predicted molar refractivity (Wildman–Crippen MR) is 85.9 cm³/mol. The molecule has 0 fully saturated rings. The van der Waals surface area contributed by atoms with Gasteiger partial charge in [-0.2, -0.15) is 0 Å². The maximum Gasteiger partial charge on any atom is 0.336 e. The van der Waals surface area contributed by atoms with Gasteiger partial charge in [0.25, 0.3) is 0 Å². The Kier molecular flexibility index (Phi) is 3.86. The molecule has 0 saturated heterocycles. The summed E-state index contributed by atoms with van der Waals surface area (Å²) in [5.41, 5.74) is 3.55. The molecular formula is C18H19NO3. The Morgan fingerprint density at radius 3 is 2.68 bits per heavy atom. The van der Waals surface area contributed by atoms with E-state index in [1.807, 2.05) is 32.0 Å². The summed E-state index contributed by atoms with van der Waals surface area (Å²) in [6.45, 7) is 6.68. The lowest BCUT2D eigenvalue weighted by Crippen LogP contribution is -2.18. The second-order valence-corrected chi connectivity index (χ2v) is 5.64. The van der Waals surface area contributed by atoms with Crippen LogP contribution in [0, 0.1) is 13.8 Å². The van der Waals surface area contributed by atoms with E-state index in [9.17, 15) is 4.79 Å². The van der Waals surface area contributed by atoms with Gasteiger partial charge < -0.3 is 14.2 Å². The summed E-state index contributed by atoms with van der Waals surface area (Å²) >= 11 is 0. The molecule has 2 heterocycles. The highest BCUT2D eigenvalue weighted by Gasteiger charge is 2.11. The molecule has 0 spiro atoms.